The van der Waals surface area contributed by atoms with Gasteiger partial charge in [0, 0.05) is 35.0 Å². The fourth-order valence-electron chi connectivity index (χ4n) is 2.17. The molecule has 1 aromatic carbocycles. The highest BCUT2D eigenvalue weighted by molar-refractivity contribution is 9.08. The summed E-state index contributed by atoms with van der Waals surface area (Å²) in [7, 11) is -3.95. The highest BCUT2D eigenvalue weighted by Crippen LogP contribution is 2.48. The van der Waals surface area contributed by atoms with Gasteiger partial charge in [-0.05, 0) is 24.6 Å². The standard InChI is InChI=1S/C12H13BrF3NO3S/c1-8-3-2-4-10(5-8)21(19,20)17(13)9-6-11(18,7-9)12(14,15)16/h2-5,9,18H,6-7H2,1H3. The third-order valence-corrected chi connectivity index (χ3v) is 6.81. The van der Waals surface area contributed by atoms with Crippen molar-refractivity contribution in [3.05, 3.63) is 29.8 Å². The summed E-state index contributed by atoms with van der Waals surface area (Å²) >= 11 is 2.82. The van der Waals surface area contributed by atoms with Gasteiger partial charge in [-0.2, -0.15) is 13.2 Å². The Bertz CT molecular complexity index is 641. The average molecular weight is 388 g/mol. The van der Waals surface area contributed by atoms with Gasteiger partial charge in [0.2, 0.25) is 0 Å². The van der Waals surface area contributed by atoms with Gasteiger partial charge >= 0.3 is 6.18 Å². The summed E-state index contributed by atoms with van der Waals surface area (Å²) in [6.45, 7) is 1.71. The number of hydrogen-bond donors (Lipinski definition) is 1. The first-order valence-electron chi connectivity index (χ1n) is 6.03. The zero-order chi connectivity index (χ0) is 16.1. The van der Waals surface area contributed by atoms with Crippen molar-refractivity contribution in [3.63, 3.8) is 0 Å². The number of alkyl halides is 3. The van der Waals surface area contributed by atoms with Crippen molar-refractivity contribution in [1.29, 1.82) is 0 Å². The van der Waals surface area contributed by atoms with Crippen LogP contribution in [0.1, 0.15) is 18.4 Å². The van der Waals surface area contributed by atoms with Gasteiger partial charge in [-0.25, -0.2) is 8.42 Å². The minimum Gasteiger partial charge on any atom is -0.380 e. The summed E-state index contributed by atoms with van der Waals surface area (Å²) in [5, 5.41) is 9.38. The van der Waals surface area contributed by atoms with Crippen LogP contribution in [-0.2, 0) is 10.0 Å². The first-order valence-corrected chi connectivity index (χ1v) is 8.18. The Morgan fingerprint density at radius 3 is 2.43 bits per heavy atom. The Morgan fingerprint density at radius 1 is 1.38 bits per heavy atom. The van der Waals surface area contributed by atoms with Crippen molar-refractivity contribution in [3.8, 4) is 0 Å². The van der Waals surface area contributed by atoms with E-state index in [1.54, 1.807) is 19.1 Å². The van der Waals surface area contributed by atoms with Gasteiger partial charge in [0.25, 0.3) is 10.0 Å². The van der Waals surface area contributed by atoms with E-state index in [4.69, 9.17) is 0 Å². The second-order valence-electron chi connectivity index (χ2n) is 5.15. The largest absolute Gasteiger partial charge is 0.417 e. The Labute approximate surface area is 129 Å². The Morgan fingerprint density at radius 2 is 1.95 bits per heavy atom. The molecule has 2 rings (SSSR count). The van der Waals surface area contributed by atoms with Gasteiger partial charge in [0.1, 0.15) is 0 Å². The van der Waals surface area contributed by atoms with Gasteiger partial charge < -0.3 is 5.11 Å². The van der Waals surface area contributed by atoms with Crippen molar-refractivity contribution in [2.45, 2.75) is 42.5 Å². The molecular weight excluding hydrogens is 375 g/mol. The molecule has 4 nitrogen and oxygen atoms in total. The molecule has 0 saturated heterocycles. The van der Waals surface area contributed by atoms with Gasteiger partial charge in [-0.15, -0.1) is 3.33 Å². The van der Waals surface area contributed by atoms with E-state index in [1.807, 2.05) is 0 Å². The zero-order valence-corrected chi connectivity index (χ0v) is 13.3. The molecule has 1 aromatic rings. The predicted molar refractivity (Wildman–Crippen MR) is 73.2 cm³/mol. The Hall–Kier alpha value is -0.640. The van der Waals surface area contributed by atoms with Crippen molar-refractivity contribution >= 4 is 26.2 Å². The maximum Gasteiger partial charge on any atom is 0.417 e. The number of aliphatic hydroxyl groups is 1. The molecular formula is C12H13BrF3NO3S. The second kappa shape index (κ2) is 5.22. The number of sulfonamides is 1. The molecule has 0 atom stereocenters. The highest BCUT2D eigenvalue weighted by atomic mass is 79.9. The summed E-state index contributed by atoms with van der Waals surface area (Å²) in [6.07, 6.45) is -6.13. The normalized spacial score (nSPS) is 26.7. The SMILES string of the molecule is Cc1cccc(S(=O)(=O)N(Br)C2CC(O)(C(F)(F)F)C2)c1. The Kier molecular flexibility index (Phi) is 4.16. The van der Waals surface area contributed by atoms with E-state index < -0.39 is 40.7 Å². The second-order valence-corrected chi connectivity index (χ2v) is 8.20. The zero-order valence-electron chi connectivity index (χ0n) is 10.9. The lowest BCUT2D eigenvalue weighted by Crippen LogP contribution is -2.61. The van der Waals surface area contributed by atoms with E-state index in [0.717, 1.165) is 8.89 Å². The fraction of sp³-hybridized carbons (Fsp3) is 0.500. The van der Waals surface area contributed by atoms with Crippen LogP contribution in [0.25, 0.3) is 0 Å². The van der Waals surface area contributed by atoms with Crippen LogP contribution < -0.4 is 0 Å². The third-order valence-electron chi connectivity index (χ3n) is 3.48. The number of benzene rings is 1. The van der Waals surface area contributed by atoms with E-state index >= 15 is 0 Å². The van der Waals surface area contributed by atoms with E-state index in [-0.39, 0.29) is 4.90 Å². The molecule has 0 unspecified atom stereocenters. The molecule has 0 aliphatic heterocycles. The van der Waals surface area contributed by atoms with Crippen LogP contribution in [-0.4, -0.2) is 34.7 Å². The lowest BCUT2D eigenvalue weighted by molar-refractivity contribution is -0.293. The number of halogens is 4. The summed E-state index contributed by atoms with van der Waals surface area (Å²) < 4.78 is 63.0. The first kappa shape index (κ1) is 16.7. The molecule has 0 aromatic heterocycles. The number of hydrogen-bond acceptors (Lipinski definition) is 3. The minimum absolute atomic E-state index is 0.0122. The van der Waals surface area contributed by atoms with Gasteiger partial charge in [0.15, 0.2) is 5.60 Å². The van der Waals surface area contributed by atoms with E-state index in [9.17, 15) is 26.7 Å². The number of aryl methyl sites for hydroxylation is 1. The maximum absolute atomic E-state index is 12.6. The van der Waals surface area contributed by atoms with Gasteiger partial charge in [-0.3, -0.25) is 0 Å². The molecule has 0 heterocycles. The van der Waals surface area contributed by atoms with Crippen LogP contribution in [0.2, 0.25) is 0 Å². The lowest BCUT2D eigenvalue weighted by Gasteiger charge is -2.46. The predicted octanol–water partition coefficient (Wildman–Crippen LogP) is 2.75. The van der Waals surface area contributed by atoms with Crippen LogP contribution in [0.4, 0.5) is 13.2 Å². The molecule has 0 bridgehead atoms. The van der Waals surface area contributed by atoms with Crippen molar-refractivity contribution < 1.29 is 26.7 Å². The quantitative estimate of drug-likeness (QED) is 0.811. The molecule has 0 spiro atoms. The third kappa shape index (κ3) is 2.96. The topological polar surface area (TPSA) is 57.6 Å². The van der Waals surface area contributed by atoms with Gasteiger partial charge in [0.05, 0.1) is 4.90 Å². The molecule has 1 aliphatic carbocycles. The number of nitrogens with zero attached hydrogens (tertiary/aromatic N) is 1. The first-order chi connectivity index (χ1) is 9.47. The van der Waals surface area contributed by atoms with Crippen molar-refractivity contribution in [2.75, 3.05) is 0 Å². The molecule has 1 aliphatic rings. The Balaban J connectivity index is 2.17. The number of rotatable bonds is 3. The molecule has 1 N–H and O–H groups in total. The minimum atomic E-state index is -4.76. The summed E-state index contributed by atoms with van der Waals surface area (Å²) in [6, 6.07) is 5.12. The monoisotopic (exact) mass is 387 g/mol. The van der Waals surface area contributed by atoms with Crippen LogP contribution >= 0.6 is 16.1 Å². The van der Waals surface area contributed by atoms with Crippen molar-refractivity contribution in [2.24, 2.45) is 0 Å². The molecule has 1 fully saturated rings. The van der Waals surface area contributed by atoms with E-state index in [0.29, 0.717) is 0 Å². The fourth-order valence-corrected chi connectivity index (χ4v) is 4.29. The molecule has 0 radical (unpaired) electrons. The van der Waals surface area contributed by atoms with E-state index in [2.05, 4.69) is 16.1 Å². The van der Waals surface area contributed by atoms with Gasteiger partial charge in [-0.1, -0.05) is 12.1 Å². The summed E-state index contributed by atoms with van der Waals surface area (Å²) in [5.74, 6) is 0. The summed E-state index contributed by atoms with van der Waals surface area (Å²) in [4.78, 5) is -0.0122. The smallest absolute Gasteiger partial charge is 0.380 e. The molecule has 0 amide bonds. The molecule has 9 heteroatoms. The van der Waals surface area contributed by atoms with E-state index in [1.165, 1.54) is 12.1 Å². The van der Waals surface area contributed by atoms with Crippen molar-refractivity contribution in [1.82, 2.24) is 3.33 Å². The van der Waals surface area contributed by atoms with Crippen LogP contribution in [0, 0.1) is 6.92 Å². The average Bonchev–Trinajstić information content (AvgIpc) is 2.32. The van der Waals surface area contributed by atoms with Crippen LogP contribution in [0.5, 0.6) is 0 Å². The van der Waals surface area contributed by atoms with Crippen LogP contribution in [0.15, 0.2) is 29.2 Å². The summed E-state index contributed by atoms with van der Waals surface area (Å²) in [5.41, 5.74) is -2.09. The lowest BCUT2D eigenvalue weighted by atomic mass is 9.76. The highest BCUT2D eigenvalue weighted by Gasteiger charge is 2.63. The molecule has 118 valence electrons. The van der Waals surface area contributed by atoms with Crippen LogP contribution in [0.3, 0.4) is 0 Å². The molecule has 21 heavy (non-hydrogen) atoms. The molecule has 1 saturated carbocycles. The maximum atomic E-state index is 12.6.